The highest BCUT2D eigenvalue weighted by molar-refractivity contribution is 5.86. The zero-order valence-electron chi connectivity index (χ0n) is 12.3. The van der Waals surface area contributed by atoms with Gasteiger partial charge in [0.2, 0.25) is 0 Å². The summed E-state index contributed by atoms with van der Waals surface area (Å²) in [7, 11) is 0. The molecule has 0 saturated heterocycles. The molecule has 1 aromatic heterocycles. The van der Waals surface area contributed by atoms with Gasteiger partial charge in [-0.05, 0) is 25.0 Å². The lowest BCUT2D eigenvalue weighted by molar-refractivity contribution is -0.119. The molecular weight excluding hydrogens is 250 g/mol. The molecule has 0 radical (unpaired) electrons. The number of benzene rings is 1. The van der Waals surface area contributed by atoms with E-state index in [-0.39, 0.29) is 11.8 Å². The van der Waals surface area contributed by atoms with Crippen LogP contribution in [0.25, 0.3) is 11.0 Å². The number of imidazole rings is 1. The molecule has 2 N–H and O–H groups in total. The molecule has 1 atom stereocenters. The van der Waals surface area contributed by atoms with Crippen molar-refractivity contribution in [3.63, 3.8) is 0 Å². The summed E-state index contributed by atoms with van der Waals surface area (Å²) in [6.45, 7) is 5.05. The Morgan fingerprint density at radius 2 is 2.05 bits per heavy atom. The van der Waals surface area contributed by atoms with E-state index in [0.29, 0.717) is 6.42 Å². The summed E-state index contributed by atoms with van der Waals surface area (Å²) in [6, 6.07) is 7.65. The van der Waals surface area contributed by atoms with Gasteiger partial charge in [-0.1, -0.05) is 32.4 Å². The number of hydrogen-bond acceptors (Lipinski definition) is 3. The van der Waals surface area contributed by atoms with Crippen LogP contribution in [0.3, 0.4) is 0 Å². The summed E-state index contributed by atoms with van der Waals surface area (Å²) in [5.41, 5.74) is 7.96. The summed E-state index contributed by atoms with van der Waals surface area (Å²) in [4.78, 5) is 16.8. The van der Waals surface area contributed by atoms with Crippen LogP contribution in [0.15, 0.2) is 24.3 Å². The first-order valence-electron chi connectivity index (χ1n) is 7.39. The summed E-state index contributed by atoms with van der Waals surface area (Å²) >= 11 is 0. The van der Waals surface area contributed by atoms with E-state index in [1.54, 1.807) is 0 Å². The lowest BCUT2D eigenvalue weighted by Crippen LogP contribution is -2.32. The van der Waals surface area contributed by atoms with Gasteiger partial charge in [0, 0.05) is 6.54 Å². The second-order valence-corrected chi connectivity index (χ2v) is 5.21. The number of aryl methyl sites for hydroxylation is 1. The van der Waals surface area contributed by atoms with Crippen LogP contribution in [0.2, 0.25) is 0 Å². The van der Waals surface area contributed by atoms with Crippen LogP contribution in [-0.2, 0) is 17.8 Å². The summed E-state index contributed by atoms with van der Waals surface area (Å²) < 4.78 is 2.14. The third-order valence-electron chi connectivity index (χ3n) is 3.53. The van der Waals surface area contributed by atoms with Crippen LogP contribution in [0.4, 0.5) is 0 Å². The monoisotopic (exact) mass is 273 g/mol. The molecule has 20 heavy (non-hydrogen) atoms. The van der Waals surface area contributed by atoms with Crippen LogP contribution < -0.4 is 5.73 Å². The van der Waals surface area contributed by atoms with Crippen molar-refractivity contribution in [2.24, 2.45) is 5.73 Å². The van der Waals surface area contributed by atoms with Gasteiger partial charge in [0.05, 0.1) is 23.5 Å². The molecule has 2 aromatic rings. The number of nitrogens with zero attached hydrogens (tertiary/aromatic N) is 2. The Morgan fingerprint density at radius 1 is 1.30 bits per heavy atom. The topological polar surface area (TPSA) is 60.9 Å². The SMILES string of the molecule is CCCC(N)C(=O)Cc1nc2ccccc2n1CCC. The van der Waals surface area contributed by atoms with Crippen molar-refractivity contribution in [2.75, 3.05) is 0 Å². The summed E-state index contributed by atoms with van der Waals surface area (Å²) in [6.07, 6.45) is 3.02. The third kappa shape index (κ3) is 3.07. The molecule has 1 heterocycles. The maximum atomic E-state index is 12.2. The Morgan fingerprint density at radius 3 is 2.75 bits per heavy atom. The number of ketones is 1. The summed E-state index contributed by atoms with van der Waals surface area (Å²) in [5.74, 6) is 0.920. The zero-order chi connectivity index (χ0) is 14.5. The van der Waals surface area contributed by atoms with Gasteiger partial charge in [-0.2, -0.15) is 0 Å². The highest BCUT2D eigenvalue weighted by Gasteiger charge is 2.17. The number of carbonyl (C=O) groups excluding carboxylic acids is 1. The van der Waals surface area contributed by atoms with Gasteiger partial charge in [0.25, 0.3) is 0 Å². The number of fused-ring (bicyclic) bond motifs is 1. The van der Waals surface area contributed by atoms with Gasteiger partial charge in [-0.15, -0.1) is 0 Å². The van der Waals surface area contributed by atoms with Gasteiger partial charge in [0.1, 0.15) is 5.82 Å². The largest absolute Gasteiger partial charge is 0.328 e. The van der Waals surface area contributed by atoms with E-state index < -0.39 is 0 Å². The second kappa shape index (κ2) is 6.66. The zero-order valence-corrected chi connectivity index (χ0v) is 12.3. The minimum absolute atomic E-state index is 0.0829. The maximum absolute atomic E-state index is 12.2. The van der Waals surface area contributed by atoms with Crippen molar-refractivity contribution >= 4 is 16.8 Å². The van der Waals surface area contributed by atoms with E-state index >= 15 is 0 Å². The van der Waals surface area contributed by atoms with Gasteiger partial charge >= 0.3 is 0 Å². The third-order valence-corrected chi connectivity index (χ3v) is 3.53. The predicted molar refractivity (Wildman–Crippen MR) is 81.6 cm³/mol. The molecule has 4 heteroatoms. The Labute approximate surface area is 120 Å². The van der Waals surface area contributed by atoms with Crippen LogP contribution in [0, 0.1) is 0 Å². The minimum atomic E-state index is -0.366. The number of Topliss-reactive ketones (excluding diaryl/α,β-unsaturated/α-hetero) is 1. The molecule has 0 fully saturated rings. The number of rotatable bonds is 7. The van der Waals surface area contributed by atoms with Crippen LogP contribution in [0.1, 0.15) is 38.9 Å². The molecular formula is C16H23N3O. The highest BCUT2D eigenvalue weighted by atomic mass is 16.1. The fourth-order valence-electron chi connectivity index (χ4n) is 2.49. The molecule has 1 aromatic carbocycles. The molecule has 1 unspecified atom stereocenters. The molecule has 0 aliphatic carbocycles. The lowest BCUT2D eigenvalue weighted by Gasteiger charge is -2.10. The summed E-state index contributed by atoms with van der Waals surface area (Å²) in [5, 5.41) is 0. The van der Waals surface area contributed by atoms with Crippen molar-refractivity contribution in [1.82, 2.24) is 9.55 Å². The van der Waals surface area contributed by atoms with Crippen molar-refractivity contribution < 1.29 is 4.79 Å². The average Bonchev–Trinajstić information content (AvgIpc) is 2.78. The van der Waals surface area contributed by atoms with Crippen molar-refractivity contribution in [3.05, 3.63) is 30.1 Å². The Hall–Kier alpha value is -1.68. The molecule has 0 aliphatic heterocycles. The predicted octanol–water partition coefficient (Wildman–Crippen LogP) is 2.69. The van der Waals surface area contributed by atoms with E-state index in [2.05, 4.69) is 22.5 Å². The Bertz CT molecular complexity index is 588. The molecule has 0 saturated carbocycles. The molecule has 0 amide bonds. The van der Waals surface area contributed by atoms with Gasteiger partial charge in [-0.3, -0.25) is 4.79 Å². The Balaban J connectivity index is 2.28. The van der Waals surface area contributed by atoms with Crippen LogP contribution >= 0.6 is 0 Å². The number of para-hydroxylation sites is 2. The minimum Gasteiger partial charge on any atom is -0.328 e. The molecule has 108 valence electrons. The molecule has 0 bridgehead atoms. The fraction of sp³-hybridized carbons (Fsp3) is 0.500. The quantitative estimate of drug-likeness (QED) is 0.843. The molecule has 4 nitrogen and oxygen atoms in total. The highest BCUT2D eigenvalue weighted by Crippen LogP contribution is 2.17. The van der Waals surface area contributed by atoms with Crippen LogP contribution in [-0.4, -0.2) is 21.4 Å². The van der Waals surface area contributed by atoms with E-state index in [4.69, 9.17) is 5.73 Å². The van der Waals surface area contributed by atoms with E-state index in [1.807, 2.05) is 25.1 Å². The smallest absolute Gasteiger partial charge is 0.157 e. The van der Waals surface area contributed by atoms with E-state index in [0.717, 1.165) is 42.7 Å². The number of nitrogens with two attached hydrogens (primary N) is 1. The van der Waals surface area contributed by atoms with Gasteiger partial charge in [0.15, 0.2) is 5.78 Å². The molecule has 2 rings (SSSR count). The van der Waals surface area contributed by atoms with Crippen LogP contribution in [0.5, 0.6) is 0 Å². The van der Waals surface area contributed by atoms with Gasteiger partial charge in [-0.25, -0.2) is 4.98 Å². The maximum Gasteiger partial charge on any atom is 0.157 e. The first-order chi connectivity index (χ1) is 9.67. The number of carbonyl (C=O) groups is 1. The number of hydrogen-bond donors (Lipinski definition) is 1. The van der Waals surface area contributed by atoms with E-state index in [1.165, 1.54) is 0 Å². The number of aromatic nitrogens is 2. The van der Waals surface area contributed by atoms with Crippen molar-refractivity contribution in [1.29, 1.82) is 0 Å². The lowest BCUT2D eigenvalue weighted by atomic mass is 10.1. The molecule has 0 aliphatic rings. The van der Waals surface area contributed by atoms with Gasteiger partial charge < -0.3 is 10.3 Å². The average molecular weight is 273 g/mol. The van der Waals surface area contributed by atoms with Crippen molar-refractivity contribution in [3.8, 4) is 0 Å². The first-order valence-corrected chi connectivity index (χ1v) is 7.39. The standard InChI is InChI=1S/C16H23N3O/c1-3-7-12(17)15(20)11-16-18-13-8-5-6-9-14(13)19(16)10-4-2/h5-6,8-9,12H,3-4,7,10-11,17H2,1-2H3. The molecule has 0 spiro atoms. The second-order valence-electron chi connectivity index (χ2n) is 5.21. The normalized spacial score (nSPS) is 12.8. The van der Waals surface area contributed by atoms with E-state index in [9.17, 15) is 4.79 Å². The fourth-order valence-corrected chi connectivity index (χ4v) is 2.49. The van der Waals surface area contributed by atoms with Crippen molar-refractivity contribution in [2.45, 2.75) is 52.1 Å². The Kier molecular flexibility index (Phi) is 4.90. The first kappa shape index (κ1) is 14.7.